The van der Waals surface area contributed by atoms with Gasteiger partial charge in [0.2, 0.25) is 11.8 Å². The van der Waals surface area contributed by atoms with E-state index in [2.05, 4.69) is 10.3 Å². The fraction of sp³-hybridized carbons (Fsp3) is 0.444. The number of carbonyl (C=O) groups is 1. The number of amides is 1. The lowest BCUT2D eigenvalue weighted by Crippen LogP contribution is -2.44. The van der Waals surface area contributed by atoms with Gasteiger partial charge in [-0.15, -0.1) is 11.8 Å². The lowest BCUT2D eigenvalue weighted by molar-refractivity contribution is -0.121. The Labute approximate surface area is 147 Å². The summed E-state index contributed by atoms with van der Waals surface area (Å²) in [5.74, 6) is 2.02. The standard InChI is InChI=1S/C18H24N2O3S/c1-12(16(21)20-18(2,3)4)24-11-14-10-23-17(19-14)13-6-8-15(22-5)9-7-13/h6-10,12H,11H2,1-5H3,(H,20,21)/t12-/m0/s1. The van der Waals surface area contributed by atoms with Gasteiger partial charge in [-0.1, -0.05) is 0 Å². The molecule has 24 heavy (non-hydrogen) atoms. The highest BCUT2D eigenvalue weighted by Gasteiger charge is 2.20. The molecule has 0 bridgehead atoms. The number of methoxy groups -OCH3 is 1. The van der Waals surface area contributed by atoms with E-state index in [1.807, 2.05) is 52.0 Å². The van der Waals surface area contributed by atoms with Crippen LogP contribution in [0.5, 0.6) is 5.75 Å². The molecule has 0 saturated heterocycles. The molecule has 2 rings (SSSR count). The number of hydrogen-bond donors (Lipinski definition) is 1. The summed E-state index contributed by atoms with van der Waals surface area (Å²) < 4.78 is 10.7. The quantitative estimate of drug-likeness (QED) is 0.858. The molecular formula is C18H24N2O3S. The molecule has 1 atom stereocenters. The van der Waals surface area contributed by atoms with Crippen molar-refractivity contribution < 1.29 is 13.9 Å². The molecule has 0 fully saturated rings. The molecule has 6 heteroatoms. The molecule has 1 N–H and O–H groups in total. The van der Waals surface area contributed by atoms with Crippen LogP contribution in [0.2, 0.25) is 0 Å². The Morgan fingerprint density at radius 3 is 2.58 bits per heavy atom. The van der Waals surface area contributed by atoms with Gasteiger partial charge < -0.3 is 14.5 Å². The molecule has 1 heterocycles. The Morgan fingerprint density at radius 2 is 2.00 bits per heavy atom. The SMILES string of the molecule is COc1ccc(-c2nc(CS[C@@H](C)C(=O)NC(C)(C)C)co2)cc1. The van der Waals surface area contributed by atoms with Gasteiger partial charge in [-0.3, -0.25) is 4.79 Å². The largest absolute Gasteiger partial charge is 0.497 e. The Bertz CT molecular complexity index is 674. The van der Waals surface area contributed by atoms with Crippen molar-refractivity contribution in [1.82, 2.24) is 10.3 Å². The number of nitrogens with zero attached hydrogens (tertiary/aromatic N) is 1. The molecule has 1 aromatic carbocycles. The maximum atomic E-state index is 12.1. The van der Waals surface area contributed by atoms with Gasteiger partial charge in [0.15, 0.2) is 0 Å². The van der Waals surface area contributed by atoms with Gasteiger partial charge in [0.25, 0.3) is 0 Å². The topological polar surface area (TPSA) is 64.4 Å². The van der Waals surface area contributed by atoms with Crippen molar-refractivity contribution in [3.63, 3.8) is 0 Å². The van der Waals surface area contributed by atoms with Crippen molar-refractivity contribution in [1.29, 1.82) is 0 Å². The number of aromatic nitrogens is 1. The van der Waals surface area contributed by atoms with E-state index < -0.39 is 0 Å². The van der Waals surface area contributed by atoms with Crippen molar-refractivity contribution in [2.75, 3.05) is 7.11 Å². The van der Waals surface area contributed by atoms with E-state index in [1.165, 1.54) is 11.8 Å². The molecule has 130 valence electrons. The van der Waals surface area contributed by atoms with E-state index in [1.54, 1.807) is 13.4 Å². The van der Waals surface area contributed by atoms with E-state index in [0.29, 0.717) is 11.6 Å². The van der Waals surface area contributed by atoms with Crippen molar-refractivity contribution >= 4 is 17.7 Å². The van der Waals surface area contributed by atoms with Crippen LogP contribution < -0.4 is 10.1 Å². The zero-order chi connectivity index (χ0) is 17.7. The summed E-state index contributed by atoms with van der Waals surface area (Å²) in [4.78, 5) is 16.6. The second kappa shape index (κ2) is 7.75. The third-order valence-corrected chi connectivity index (χ3v) is 4.41. The molecule has 1 aromatic heterocycles. The predicted octanol–water partition coefficient (Wildman–Crippen LogP) is 3.89. The second-order valence-electron chi connectivity index (χ2n) is 6.56. The van der Waals surface area contributed by atoms with Crippen LogP contribution in [0.15, 0.2) is 34.9 Å². The number of carbonyl (C=O) groups excluding carboxylic acids is 1. The second-order valence-corrected chi connectivity index (χ2v) is 7.89. The van der Waals surface area contributed by atoms with Crippen LogP contribution in [0.4, 0.5) is 0 Å². The Morgan fingerprint density at radius 1 is 1.33 bits per heavy atom. The van der Waals surface area contributed by atoms with Crippen LogP contribution in [0.1, 0.15) is 33.4 Å². The number of ether oxygens (including phenoxy) is 1. The molecule has 2 aromatic rings. The summed E-state index contributed by atoms with van der Waals surface area (Å²) in [6, 6.07) is 7.54. The maximum absolute atomic E-state index is 12.1. The van der Waals surface area contributed by atoms with Crippen LogP contribution in [-0.2, 0) is 10.5 Å². The highest BCUT2D eigenvalue weighted by atomic mass is 32.2. The van der Waals surface area contributed by atoms with Crippen LogP contribution in [0.25, 0.3) is 11.5 Å². The Balaban J connectivity index is 1.92. The van der Waals surface area contributed by atoms with E-state index in [0.717, 1.165) is 17.0 Å². The van der Waals surface area contributed by atoms with Gasteiger partial charge in [0, 0.05) is 16.9 Å². The number of rotatable bonds is 6. The first-order valence-electron chi connectivity index (χ1n) is 7.81. The van der Waals surface area contributed by atoms with Gasteiger partial charge in [0.1, 0.15) is 12.0 Å². The van der Waals surface area contributed by atoms with Crippen molar-refractivity contribution in [3.05, 3.63) is 36.2 Å². The molecule has 0 aliphatic rings. The third-order valence-electron chi connectivity index (χ3n) is 3.24. The van der Waals surface area contributed by atoms with Crippen molar-refractivity contribution in [3.8, 4) is 17.2 Å². The molecule has 5 nitrogen and oxygen atoms in total. The first-order valence-corrected chi connectivity index (χ1v) is 8.86. The summed E-state index contributed by atoms with van der Waals surface area (Å²) in [6.07, 6.45) is 1.64. The Hall–Kier alpha value is -1.95. The summed E-state index contributed by atoms with van der Waals surface area (Å²) in [5.41, 5.74) is 1.49. The summed E-state index contributed by atoms with van der Waals surface area (Å²) in [6.45, 7) is 7.82. The molecule has 0 radical (unpaired) electrons. The zero-order valence-corrected chi connectivity index (χ0v) is 15.6. The monoisotopic (exact) mass is 348 g/mol. The van der Waals surface area contributed by atoms with Gasteiger partial charge in [-0.2, -0.15) is 0 Å². The molecule has 0 saturated carbocycles. The molecule has 1 amide bonds. The van der Waals surface area contributed by atoms with Crippen LogP contribution in [-0.4, -0.2) is 28.8 Å². The van der Waals surface area contributed by atoms with E-state index in [4.69, 9.17) is 9.15 Å². The van der Waals surface area contributed by atoms with Crippen LogP contribution in [0.3, 0.4) is 0 Å². The first-order chi connectivity index (χ1) is 11.3. The van der Waals surface area contributed by atoms with E-state index >= 15 is 0 Å². The van der Waals surface area contributed by atoms with Crippen LogP contribution >= 0.6 is 11.8 Å². The number of oxazole rings is 1. The van der Waals surface area contributed by atoms with E-state index in [-0.39, 0.29) is 16.7 Å². The van der Waals surface area contributed by atoms with Gasteiger partial charge in [0.05, 0.1) is 18.1 Å². The predicted molar refractivity (Wildman–Crippen MR) is 97.1 cm³/mol. The third kappa shape index (κ3) is 5.30. The minimum atomic E-state index is -0.221. The summed E-state index contributed by atoms with van der Waals surface area (Å²) in [7, 11) is 1.63. The van der Waals surface area contributed by atoms with Gasteiger partial charge >= 0.3 is 0 Å². The zero-order valence-electron chi connectivity index (χ0n) is 14.8. The molecule has 0 spiro atoms. The normalized spacial score (nSPS) is 12.7. The fourth-order valence-electron chi connectivity index (χ4n) is 2.00. The average Bonchev–Trinajstić information content (AvgIpc) is 3.00. The highest BCUT2D eigenvalue weighted by molar-refractivity contribution is 7.99. The van der Waals surface area contributed by atoms with Gasteiger partial charge in [-0.25, -0.2) is 4.98 Å². The summed E-state index contributed by atoms with van der Waals surface area (Å²) >= 11 is 1.54. The minimum absolute atomic E-state index is 0.0337. The molecule has 0 unspecified atom stereocenters. The smallest absolute Gasteiger partial charge is 0.233 e. The lowest BCUT2D eigenvalue weighted by atomic mass is 10.1. The number of hydrogen-bond acceptors (Lipinski definition) is 5. The highest BCUT2D eigenvalue weighted by Crippen LogP contribution is 2.24. The average molecular weight is 348 g/mol. The number of nitrogens with one attached hydrogen (secondary N) is 1. The number of benzene rings is 1. The van der Waals surface area contributed by atoms with Crippen molar-refractivity contribution in [2.45, 2.75) is 44.2 Å². The molecule has 0 aliphatic carbocycles. The lowest BCUT2D eigenvalue weighted by Gasteiger charge is -2.22. The first kappa shape index (κ1) is 18.4. The summed E-state index contributed by atoms with van der Waals surface area (Å²) in [5, 5.41) is 2.83. The minimum Gasteiger partial charge on any atom is -0.497 e. The van der Waals surface area contributed by atoms with Crippen molar-refractivity contribution in [2.24, 2.45) is 0 Å². The fourth-order valence-corrected chi connectivity index (χ4v) is 2.76. The molecule has 0 aliphatic heterocycles. The number of thioether (sulfide) groups is 1. The maximum Gasteiger partial charge on any atom is 0.233 e. The molecular weight excluding hydrogens is 324 g/mol. The van der Waals surface area contributed by atoms with Crippen LogP contribution in [0, 0.1) is 0 Å². The van der Waals surface area contributed by atoms with E-state index in [9.17, 15) is 4.79 Å². The van der Waals surface area contributed by atoms with Gasteiger partial charge in [-0.05, 0) is 52.0 Å². The Kier molecular flexibility index (Phi) is 5.94.